The molecule has 0 amide bonds. The second-order valence-corrected chi connectivity index (χ2v) is 7.64. The lowest BCUT2D eigenvalue weighted by molar-refractivity contribution is 0.0207. The molecule has 1 aliphatic rings. The minimum atomic E-state index is -0.469. The second kappa shape index (κ2) is 7.95. The van der Waals surface area contributed by atoms with Crippen LogP contribution in [0.15, 0.2) is 27.1 Å². The Kier molecular flexibility index (Phi) is 6.53. The first kappa shape index (κ1) is 17.3. The summed E-state index contributed by atoms with van der Waals surface area (Å²) in [6.45, 7) is 5.48. The van der Waals surface area contributed by atoms with E-state index in [-0.39, 0.29) is 0 Å². The van der Waals surface area contributed by atoms with Crippen molar-refractivity contribution in [1.82, 2.24) is 4.90 Å². The number of aliphatic hydroxyl groups is 1. The van der Waals surface area contributed by atoms with Crippen LogP contribution in [0.1, 0.15) is 33.1 Å². The van der Waals surface area contributed by atoms with Crippen LogP contribution in [-0.2, 0) is 0 Å². The second-order valence-electron chi connectivity index (χ2n) is 5.87. The van der Waals surface area contributed by atoms with Gasteiger partial charge in [-0.2, -0.15) is 0 Å². The molecule has 1 aliphatic heterocycles. The van der Waals surface area contributed by atoms with Gasteiger partial charge in [-0.15, -0.1) is 0 Å². The van der Waals surface area contributed by atoms with Gasteiger partial charge in [-0.05, 0) is 60.8 Å². The average Bonchev–Trinajstić information content (AvgIpc) is 2.42. The quantitative estimate of drug-likeness (QED) is 0.774. The Hall–Kier alpha value is -0.100. The third-order valence-electron chi connectivity index (χ3n) is 4.12. The predicted molar refractivity (Wildman–Crippen MR) is 92.8 cm³/mol. The summed E-state index contributed by atoms with van der Waals surface area (Å²) < 4.78 is 7.61. The van der Waals surface area contributed by atoms with Crippen molar-refractivity contribution in [2.24, 2.45) is 0 Å². The molecule has 1 heterocycles. The summed E-state index contributed by atoms with van der Waals surface area (Å²) in [7, 11) is 0. The third-order valence-corrected chi connectivity index (χ3v) is 5.24. The molecule has 5 heteroatoms. The van der Waals surface area contributed by atoms with Crippen molar-refractivity contribution in [3.63, 3.8) is 0 Å². The highest BCUT2D eigenvalue weighted by molar-refractivity contribution is 9.11. The Balaban J connectivity index is 1.85. The summed E-state index contributed by atoms with van der Waals surface area (Å²) in [6.07, 6.45) is 3.26. The van der Waals surface area contributed by atoms with Crippen LogP contribution in [0.3, 0.4) is 0 Å². The predicted octanol–water partition coefficient (Wildman–Crippen LogP) is 4.21. The van der Waals surface area contributed by atoms with Crippen molar-refractivity contribution in [1.29, 1.82) is 0 Å². The molecule has 0 unspecified atom stereocenters. The number of ether oxygens (including phenoxy) is 1. The van der Waals surface area contributed by atoms with Crippen molar-refractivity contribution >= 4 is 31.9 Å². The number of rotatable bonds is 5. The summed E-state index contributed by atoms with van der Waals surface area (Å²) >= 11 is 6.88. The molecule has 0 radical (unpaired) electrons. The molecule has 3 atom stereocenters. The van der Waals surface area contributed by atoms with E-state index in [0.717, 1.165) is 14.7 Å². The van der Waals surface area contributed by atoms with Crippen molar-refractivity contribution in [3.05, 3.63) is 27.1 Å². The highest BCUT2D eigenvalue weighted by atomic mass is 79.9. The van der Waals surface area contributed by atoms with Crippen molar-refractivity contribution < 1.29 is 9.84 Å². The summed E-state index contributed by atoms with van der Waals surface area (Å²) in [4.78, 5) is 2.40. The van der Waals surface area contributed by atoms with Crippen molar-refractivity contribution in [2.45, 2.75) is 51.3 Å². The van der Waals surface area contributed by atoms with Gasteiger partial charge >= 0.3 is 0 Å². The number of hydrogen-bond acceptors (Lipinski definition) is 3. The van der Waals surface area contributed by atoms with Gasteiger partial charge in [-0.1, -0.05) is 22.4 Å². The number of halogens is 2. The molecule has 21 heavy (non-hydrogen) atoms. The highest BCUT2D eigenvalue weighted by Gasteiger charge is 2.26. The zero-order chi connectivity index (χ0) is 15.4. The normalized spacial score (nSPS) is 24.8. The van der Waals surface area contributed by atoms with E-state index in [2.05, 4.69) is 50.6 Å². The van der Waals surface area contributed by atoms with Crippen LogP contribution in [-0.4, -0.2) is 41.3 Å². The molecule has 1 saturated heterocycles. The van der Waals surface area contributed by atoms with E-state index < -0.39 is 6.10 Å². The number of β-amino-alcohol motifs (C(OH)–C–C–N with tert-alkyl or cyclic N) is 1. The van der Waals surface area contributed by atoms with E-state index in [9.17, 15) is 5.11 Å². The average molecular weight is 421 g/mol. The van der Waals surface area contributed by atoms with Gasteiger partial charge in [-0.3, -0.25) is 4.90 Å². The zero-order valence-corrected chi connectivity index (χ0v) is 15.7. The van der Waals surface area contributed by atoms with Crippen LogP contribution in [0.5, 0.6) is 5.75 Å². The molecular weight excluding hydrogens is 398 g/mol. The Morgan fingerprint density at radius 3 is 2.57 bits per heavy atom. The lowest BCUT2D eigenvalue weighted by atomic mass is 9.97. The Labute approximate surface area is 143 Å². The van der Waals surface area contributed by atoms with Gasteiger partial charge in [0.15, 0.2) is 0 Å². The minimum Gasteiger partial charge on any atom is -0.490 e. The van der Waals surface area contributed by atoms with Gasteiger partial charge in [0, 0.05) is 23.1 Å². The first-order valence-electron chi connectivity index (χ1n) is 7.49. The molecule has 118 valence electrons. The molecule has 1 aromatic carbocycles. The van der Waals surface area contributed by atoms with Crippen LogP contribution >= 0.6 is 31.9 Å². The topological polar surface area (TPSA) is 32.7 Å². The summed E-state index contributed by atoms with van der Waals surface area (Å²) in [6, 6.07) is 6.86. The first-order chi connectivity index (χ1) is 9.97. The van der Waals surface area contributed by atoms with Gasteiger partial charge in [0.1, 0.15) is 18.5 Å². The zero-order valence-electron chi connectivity index (χ0n) is 12.6. The molecule has 2 rings (SSSR count). The minimum absolute atomic E-state index is 0.316. The van der Waals surface area contributed by atoms with Crippen LogP contribution in [0.2, 0.25) is 0 Å². The molecule has 0 spiro atoms. The number of nitrogens with zero attached hydrogens (tertiary/aromatic N) is 1. The number of benzene rings is 1. The number of aliphatic hydroxyl groups excluding tert-OH is 1. The summed E-state index contributed by atoms with van der Waals surface area (Å²) in [5.41, 5.74) is 0. The summed E-state index contributed by atoms with van der Waals surface area (Å²) in [5.74, 6) is 0.761. The Bertz CT molecular complexity index is 460. The van der Waals surface area contributed by atoms with Crippen molar-refractivity contribution in [2.75, 3.05) is 13.2 Å². The molecule has 1 aromatic rings. The largest absolute Gasteiger partial charge is 0.490 e. The SMILES string of the molecule is C[C@@H]1CCC[C@H](C)N1C[C@H](O)COc1ccc(Br)cc1Br. The third kappa shape index (κ3) is 4.95. The number of hydrogen-bond donors (Lipinski definition) is 1. The van der Waals surface area contributed by atoms with E-state index in [0.29, 0.717) is 25.2 Å². The lowest BCUT2D eigenvalue weighted by Gasteiger charge is -2.40. The molecule has 0 aliphatic carbocycles. The maximum Gasteiger partial charge on any atom is 0.133 e. The van der Waals surface area contributed by atoms with Gasteiger partial charge in [0.25, 0.3) is 0 Å². The highest BCUT2D eigenvalue weighted by Crippen LogP contribution is 2.28. The Morgan fingerprint density at radius 2 is 1.95 bits per heavy atom. The van der Waals surface area contributed by atoms with Crippen LogP contribution in [0.25, 0.3) is 0 Å². The molecular formula is C16H23Br2NO2. The first-order valence-corrected chi connectivity index (χ1v) is 9.07. The number of piperidine rings is 1. The molecule has 3 nitrogen and oxygen atoms in total. The van der Waals surface area contributed by atoms with E-state index in [4.69, 9.17) is 4.74 Å². The smallest absolute Gasteiger partial charge is 0.133 e. The maximum atomic E-state index is 10.3. The van der Waals surface area contributed by atoms with E-state index in [1.807, 2.05) is 18.2 Å². The van der Waals surface area contributed by atoms with Gasteiger partial charge in [0.05, 0.1) is 4.47 Å². The number of likely N-dealkylation sites (tertiary alicyclic amines) is 1. The molecule has 1 fully saturated rings. The van der Waals surface area contributed by atoms with E-state index in [1.165, 1.54) is 19.3 Å². The lowest BCUT2D eigenvalue weighted by Crippen LogP contribution is -2.48. The van der Waals surface area contributed by atoms with Crippen LogP contribution < -0.4 is 4.74 Å². The fourth-order valence-corrected chi connectivity index (χ4v) is 4.07. The molecule has 0 bridgehead atoms. The summed E-state index contributed by atoms with van der Waals surface area (Å²) in [5, 5.41) is 10.3. The fraction of sp³-hybridized carbons (Fsp3) is 0.625. The monoisotopic (exact) mass is 419 g/mol. The van der Waals surface area contributed by atoms with Crippen LogP contribution in [0, 0.1) is 0 Å². The van der Waals surface area contributed by atoms with E-state index >= 15 is 0 Å². The van der Waals surface area contributed by atoms with Crippen LogP contribution in [0.4, 0.5) is 0 Å². The fourth-order valence-electron chi connectivity index (χ4n) is 2.91. The van der Waals surface area contributed by atoms with Crippen molar-refractivity contribution in [3.8, 4) is 5.75 Å². The van der Waals surface area contributed by atoms with E-state index in [1.54, 1.807) is 0 Å². The van der Waals surface area contributed by atoms with Gasteiger partial charge in [-0.25, -0.2) is 0 Å². The molecule has 0 aromatic heterocycles. The maximum absolute atomic E-state index is 10.3. The Morgan fingerprint density at radius 1 is 1.29 bits per heavy atom. The van der Waals surface area contributed by atoms with Gasteiger partial charge < -0.3 is 9.84 Å². The van der Waals surface area contributed by atoms with Gasteiger partial charge in [0.2, 0.25) is 0 Å². The molecule has 1 N–H and O–H groups in total. The standard InChI is InChI=1S/C16H23Br2NO2/c1-11-4-3-5-12(2)19(11)9-14(20)10-21-16-7-6-13(17)8-15(16)18/h6-8,11-12,14,20H,3-5,9-10H2,1-2H3/t11-,12+,14-/m0/s1. The molecule has 0 saturated carbocycles.